The molecule has 0 fully saturated rings. The standard InChI is InChI=1S/C10H15NO4/c1-4-15-10(13)8-6-5-7-9(12)11(2)14-3/h5-8H,4H2,1-3H3/b7-5+,8-6+. The van der Waals surface area contributed by atoms with Gasteiger partial charge >= 0.3 is 5.97 Å². The summed E-state index contributed by atoms with van der Waals surface area (Å²) < 4.78 is 4.64. The number of hydroxylamine groups is 2. The van der Waals surface area contributed by atoms with Gasteiger partial charge in [0.15, 0.2) is 0 Å². The van der Waals surface area contributed by atoms with E-state index in [1.54, 1.807) is 6.92 Å². The maximum atomic E-state index is 11.1. The molecule has 0 saturated heterocycles. The van der Waals surface area contributed by atoms with Gasteiger partial charge in [0, 0.05) is 19.2 Å². The van der Waals surface area contributed by atoms with Crippen LogP contribution in [-0.2, 0) is 19.2 Å². The van der Waals surface area contributed by atoms with Crippen molar-refractivity contribution in [3.05, 3.63) is 24.3 Å². The average molecular weight is 213 g/mol. The minimum atomic E-state index is -0.435. The Balaban J connectivity index is 3.98. The van der Waals surface area contributed by atoms with Crippen molar-refractivity contribution in [2.45, 2.75) is 6.92 Å². The molecule has 0 aliphatic rings. The van der Waals surface area contributed by atoms with Crippen LogP contribution in [0.25, 0.3) is 0 Å². The number of carbonyl (C=O) groups excluding carboxylic acids is 2. The van der Waals surface area contributed by atoms with Crippen molar-refractivity contribution in [2.75, 3.05) is 20.8 Å². The van der Waals surface area contributed by atoms with Gasteiger partial charge in [-0.2, -0.15) is 0 Å². The second-order valence-electron chi connectivity index (χ2n) is 2.49. The quantitative estimate of drug-likeness (QED) is 0.292. The van der Waals surface area contributed by atoms with Crippen LogP contribution in [-0.4, -0.2) is 37.7 Å². The van der Waals surface area contributed by atoms with E-state index >= 15 is 0 Å². The van der Waals surface area contributed by atoms with Crippen LogP contribution in [0.1, 0.15) is 6.92 Å². The number of hydrogen-bond acceptors (Lipinski definition) is 4. The molecule has 1 amide bonds. The SMILES string of the molecule is CCOC(=O)/C=C/C=C/C(=O)N(C)OC. The molecule has 0 aromatic carbocycles. The van der Waals surface area contributed by atoms with Crippen LogP contribution in [0.3, 0.4) is 0 Å². The Labute approximate surface area is 88.9 Å². The van der Waals surface area contributed by atoms with Gasteiger partial charge in [0.2, 0.25) is 0 Å². The third kappa shape index (κ3) is 6.45. The Bertz CT molecular complexity index is 271. The van der Waals surface area contributed by atoms with Crippen molar-refractivity contribution in [3.63, 3.8) is 0 Å². The zero-order valence-corrected chi connectivity index (χ0v) is 9.10. The predicted octanol–water partition coefficient (Wildman–Crippen LogP) is 0.682. The number of likely N-dealkylation sites (N-methyl/N-ethyl adjacent to an activating group) is 1. The summed E-state index contributed by atoms with van der Waals surface area (Å²) in [5, 5.41) is 1.06. The summed E-state index contributed by atoms with van der Waals surface area (Å²) in [5.41, 5.74) is 0. The second kappa shape index (κ2) is 7.75. The van der Waals surface area contributed by atoms with E-state index in [9.17, 15) is 9.59 Å². The van der Waals surface area contributed by atoms with E-state index in [4.69, 9.17) is 0 Å². The molecule has 0 aromatic heterocycles. The van der Waals surface area contributed by atoms with Gasteiger partial charge < -0.3 is 4.74 Å². The number of rotatable bonds is 5. The van der Waals surface area contributed by atoms with Gasteiger partial charge in [-0.15, -0.1) is 0 Å². The summed E-state index contributed by atoms with van der Waals surface area (Å²) in [6, 6.07) is 0. The van der Waals surface area contributed by atoms with Crippen LogP contribution >= 0.6 is 0 Å². The Morgan fingerprint density at radius 3 is 2.40 bits per heavy atom. The Hall–Kier alpha value is -1.62. The van der Waals surface area contributed by atoms with E-state index in [0.29, 0.717) is 6.61 Å². The van der Waals surface area contributed by atoms with Crippen LogP contribution in [0, 0.1) is 0 Å². The number of hydrogen-bond donors (Lipinski definition) is 0. The summed E-state index contributed by atoms with van der Waals surface area (Å²) >= 11 is 0. The largest absolute Gasteiger partial charge is 0.463 e. The molecular weight excluding hydrogens is 198 g/mol. The summed E-state index contributed by atoms with van der Waals surface area (Å²) in [4.78, 5) is 26.6. The van der Waals surface area contributed by atoms with Crippen LogP contribution in [0.4, 0.5) is 0 Å². The van der Waals surface area contributed by atoms with Crippen LogP contribution < -0.4 is 0 Å². The molecule has 5 nitrogen and oxygen atoms in total. The first-order chi connectivity index (χ1) is 7.11. The molecule has 0 rings (SSSR count). The fourth-order valence-electron chi connectivity index (χ4n) is 0.657. The van der Waals surface area contributed by atoms with Crippen molar-refractivity contribution in [2.24, 2.45) is 0 Å². The monoisotopic (exact) mass is 213 g/mol. The van der Waals surface area contributed by atoms with Crippen LogP contribution in [0.2, 0.25) is 0 Å². The van der Waals surface area contributed by atoms with Crippen LogP contribution in [0.5, 0.6) is 0 Å². The van der Waals surface area contributed by atoms with E-state index < -0.39 is 5.97 Å². The first kappa shape index (κ1) is 13.4. The molecule has 0 spiro atoms. The maximum Gasteiger partial charge on any atom is 0.330 e. The molecule has 0 aliphatic carbocycles. The molecule has 0 bridgehead atoms. The topological polar surface area (TPSA) is 55.8 Å². The van der Waals surface area contributed by atoms with Gasteiger partial charge in [-0.05, 0) is 6.92 Å². The number of carbonyl (C=O) groups is 2. The lowest BCUT2D eigenvalue weighted by Gasteiger charge is -2.09. The van der Waals surface area contributed by atoms with Crippen molar-refractivity contribution < 1.29 is 19.2 Å². The molecule has 0 heterocycles. The molecule has 0 saturated carbocycles. The highest BCUT2D eigenvalue weighted by molar-refractivity contribution is 5.87. The lowest BCUT2D eigenvalue weighted by molar-refractivity contribution is -0.162. The van der Waals surface area contributed by atoms with E-state index in [0.717, 1.165) is 5.06 Å². The normalized spacial score (nSPS) is 10.9. The minimum Gasteiger partial charge on any atom is -0.463 e. The highest BCUT2D eigenvalue weighted by atomic mass is 16.7. The van der Waals surface area contributed by atoms with Gasteiger partial charge in [-0.1, -0.05) is 12.2 Å². The summed E-state index contributed by atoms with van der Waals surface area (Å²) in [5.74, 6) is -0.749. The van der Waals surface area contributed by atoms with Crippen molar-refractivity contribution in [3.8, 4) is 0 Å². The van der Waals surface area contributed by atoms with Crippen molar-refractivity contribution in [1.29, 1.82) is 0 Å². The fourth-order valence-corrected chi connectivity index (χ4v) is 0.657. The summed E-state index contributed by atoms with van der Waals surface area (Å²) in [6.45, 7) is 2.05. The molecular formula is C10H15NO4. The third-order valence-corrected chi connectivity index (χ3v) is 1.45. The lowest BCUT2D eigenvalue weighted by Crippen LogP contribution is -2.22. The zero-order chi connectivity index (χ0) is 11.7. The highest BCUT2D eigenvalue weighted by Crippen LogP contribution is 1.88. The van der Waals surface area contributed by atoms with Gasteiger partial charge in [0.05, 0.1) is 13.7 Å². The Morgan fingerprint density at radius 1 is 1.27 bits per heavy atom. The average Bonchev–Trinajstić information content (AvgIpc) is 2.23. The first-order valence-corrected chi connectivity index (χ1v) is 4.45. The van der Waals surface area contributed by atoms with E-state index in [1.807, 2.05) is 0 Å². The third-order valence-electron chi connectivity index (χ3n) is 1.45. The fraction of sp³-hybridized carbons (Fsp3) is 0.400. The number of allylic oxidation sites excluding steroid dienone is 2. The number of nitrogens with zero attached hydrogens (tertiary/aromatic N) is 1. The summed E-state index contributed by atoms with van der Waals surface area (Å²) in [6.07, 6.45) is 5.38. The smallest absolute Gasteiger partial charge is 0.330 e. The van der Waals surface area contributed by atoms with Crippen LogP contribution in [0.15, 0.2) is 24.3 Å². The van der Waals surface area contributed by atoms with Gasteiger partial charge in [-0.25, -0.2) is 9.86 Å². The molecule has 15 heavy (non-hydrogen) atoms. The number of amides is 1. The molecule has 0 unspecified atom stereocenters. The number of esters is 1. The van der Waals surface area contributed by atoms with Gasteiger partial charge in [0.1, 0.15) is 0 Å². The minimum absolute atomic E-state index is 0.314. The van der Waals surface area contributed by atoms with E-state index in [-0.39, 0.29) is 5.91 Å². The van der Waals surface area contributed by atoms with E-state index in [2.05, 4.69) is 9.57 Å². The molecule has 0 radical (unpaired) electrons. The first-order valence-electron chi connectivity index (χ1n) is 4.45. The molecule has 5 heteroatoms. The van der Waals surface area contributed by atoms with E-state index in [1.165, 1.54) is 38.5 Å². The van der Waals surface area contributed by atoms with Crippen molar-refractivity contribution in [1.82, 2.24) is 5.06 Å². The Kier molecular flexibility index (Phi) is 6.92. The second-order valence-corrected chi connectivity index (χ2v) is 2.49. The molecule has 0 aliphatic heterocycles. The molecule has 0 N–H and O–H groups in total. The van der Waals surface area contributed by atoms with Gasteiger partial charge in [-0.3, -0.25) is 9.63 Å². The summed E-state index contributed by atoms with van der Waals surface area (Å²) in [7, 11) is 2.88. The Morgan fingerprint density at radius 2 is 1.87 bits per heavy atom. The molecule has 0 aromatic rings. The maximum absolute atomic E-state index is 11.1. The van der Waals surface area contributed by atoms with Crippen molar-refractivity contribution >= 4 is 11.9 Å². The van der Waals surface area contributed by atoms with Gasteiger partial charge in [0.25, 0.3) is 5.91 Å². The molecule has 0 atom stereocenters. The lowest BCUT2D eigenvalue weighted by atomic mass is 10.4. The molecule has 84 valence electrons. The highest BCUT2D eigenvalue weighted by Gasteiger charge is 2.00. The zero-order valence-electron chi connectivity index (χ0n) is 9.10. The number of ether oxygens (including phenoxy) is 1. The predicted molar refractivity (Wildman–Crippen MR) is 54.7 cm³/mol.